The molecule has 0 aromatic carbocycles. The smallest absolute Gasteiger partial charge is 0.114 e. The SMILES string of the molecule is C1=C(CCn2ccnc2[C@H]2CCOC2)CCCC1. The van der Waals surface area contributed by atoms with Crippen molar-refractivity contribution < 1.29 is 4.74 Å². The van der Waals surface area contributed by atoms with Crippen LogP contribution in [0, 0.1) is 0 Å². The second-order valence-corrected chi connectivity index (χ2v) is 5.40. The van der Waals surface area contributed by atoms with Crippen LogP contribution < -0.4 is 0 Å². The van der Waals surface area contributed by atoms with E-state index < -0.39 is 0 Å². The van der Waals surface area contributed by atoms with Crippen LogP contribution in [0.15, 0.2) is 24.0 Å². The van der Waals surface area contributed by atoms with Crippen LogP contribution in [0.1, 0.15) is 50.3 Å². The van der Waals surface area contributed by atoms with Crippen molar-refractivity contribution in [3.63, 3.8) is 0 Å². The molecule has 18 heavy (non-hydrogen) atoms. The molecular formula is C15H22N2O. The highest BCUT2D eigenvalue weighted by molar-refractivity contribution is 5.07. The third-order valence-corrected chi connectivity index (χ3v) is 4.10. The van der Waals surface area contributed by atoms with Gasteiger partial charge in [0.15, 0.2) is 0 Å². The van der Waals surface area contributed by atoms with Gasteiger partial charge in [-0.15, -0.1) is 0 Å². The molecule has 1 aliphatic heterocycles. The summed E-state index contributed by atoms with van der Waals surface area (Å²) in [5.74, 6) is 1.74. The lowest BCUT2D eigenvalue weighted by Gasteiger charge is -2.15. The van der Waals surface area contributed by atoms with Crippen molar-refractivity contribution in [1.82, 2.24) is 9.55 Å². The lowest BCUT2D eigenvalue weighted by atomic mass is 9.97. The van der Waals surface area contributed by atoms with Crippen molar-refractivity contribution in [2.75, 3.05) is 13.2 Å². The number of imidazole rings is 1. The van der Waals surface area contributed by atoms with E-state index in [0.29, 0.717) is 5.92 Å². The quantitative estimate of drug-likeness (QED) is 0.762. The molecule has 1 aromatic heterocycles. The first-order valence-corrected chi connectivity index (χ1v) is 7.20. The third kappa shape index (κ3) is 2.66. The number of rotatable bonds is 4. The molecule has 2 aliphatic rings. The highest BCUT2D eigenvalue weighted by Crippen LogP contribution is 2.25. The Morgan fingerprint density at radius 1 is 1.39 bits per heavy atom. The van der Waals surface area contributed by atoms with Crippen LogP contribution in [0.2, 0.25) is 0 Å². The molecule has 0 amide bonds. The molecule has 0 spiro atoms. The van der Waals surface area contributed by atoms with Gasteiger partial charge in [0.05, 0.1) is 6.61 Å². The average molecular weight is 246 g/mol. The summed E-state index contributed by atoms with van der Waals surface area (Å²) in [7, 11) is 0. The molecule has 1 atom stereocenters. The predicted molar refractivity (Wildman–Crippen MR) is 71.6 cm³/mol. The zero-order valence-electron chi connectivity index (χ0n) is 11.0. The van der Waals surface area contributed by atoms with Crippen LogP contribution in [0.25, 0.3) is 0 Å². The maximum absolute atomic E-state index is 5.47. The topological polar surface area (TPSA) is 27.1 Å². The van der Waals surface area contributed by atoms with E-state index in [-0.39, 0.29) is 0 Å². The van der Waals surface area contributed by atoms with Crippen molar-refractivity contribution >= 4 is 0 Å². The van der Waals surface area contributed by atoms with Gasteiger partial charge in [-0.3, -0.25) is 0 Å². The second-order valence-electron chi connectivity index (χ2n) is 5.40. The van der Waals surface area contributed by atoms with Crippen LogP contribution in [-0.2, 0) is 11.3 Å². The summed E-state index contributed by atoms with van der Waals surface area (Å²) in [5.41, 5.74) is 1.64. The van der Waals surface area contributed by atoms with Crippen molar-refractivity contribution in [1.29, 1.82) is 0 Å². The Morgan fingerprint density at radius 2 is 2.39 bits per heavy atom. The number of nitrogens with zero attached hydrogens (tertiary/aromatic N) is 2. The molecule has 0 bridgehead atoms. The van der Waals surface area contributed by atoms with Gasteiger partial charge in [-0.25, -0.2) is 4.98 Å². The third-order valence-electron chi connectivity index (χ3n) is 4.10. The molecule has 0 radical (unpaired) electrons. The molecule has 3 nitrogen and oxygen atoms in total. The number of aryl methyl sites for hydroxylation is 1. The summed E-state index contributed by atoms with van der Waals surface area (Å²) >= 11 is 0. The number of hydrogen-bond donors (Lipinski definition) is 0. The number of aromatic nitrogens is 2. The van der Waals surface area contributed by atoms with Crippen molar-refractivity contribution in [3.8, 4) is 0 Å². The Balaban J connectivity index is 1.62. The summed E-state index contributed by atoms with van der Waals surface area (Å²) in [6.07, 6.45) is 14.1. The Kier molecular flexibility index (Phi) is 3.79. The average Bonchev–Trinajstić information content (AvgIpc) is 3.08. The zero-order chi connectivity index (χ0) is 12.2. The lowest BCUT2D eigenvalue weighted by molar-refractivity contribution is 0.192. The highest BCUT2D eigenvalue weighted by atomic mass is 16.5. The van der Waals surface area contributed by atoms with Gasteiger partial charge in [0, 0.05) is 31.5 Å². The fourth-order valence-corrected chi connectivity index (χ4v) is 3.00. The number of hydrogen-bond acceptors (Lipinski definition) is 2. The van der Waals surface area contributed by atoms with E-state index in [0.717, 1.165) is 26.2 Å². The monoisotopic (exact) mass is 246 g/mol. The van der Waals surface area contributed by atoms with Gasteiger partial charge in [-0.2, -0.15) is 0 Å². The van der Waals surface area contributed by atoms with Gasteiger partial charge in [-0.1, -0.05) is 11.6 Å². The van der Waals surface area contributed by atoms with Gasteiger partial charge < -0.3 is 9.30 Å². The first-order valence-electron chi connectivity index (χ1n) is 7.20. The molecular weight excluding hydrogens is 224 g/mol. The van der Waals surface area contributed by atoms with Gasteiger partial charge in [-0.05, 0) is 38.5 Å². The van der Waals surface area contributed by atoms with Gasteiger partial charge in [0.2, 0.25) is 0 Å². The Morgan fingerprint density at radius 3 is 3.17 bits per heavy atom. The van der Waals surface area contributed by atoms with Crippen molar-refractivity contribution in [2.24, 2.45) is 0 Å². The first-order chi connectivity index (χ1) is 8.93. The van der Waals surface area contributed by atoms with Gasteiger partial charge >= 0.3 is 0 Å². The van der Waals surface area contributed by atoms with E-state index in [1.165, 1.54) is 37.9 Å². The van der Waals surface area contributed by atoms with Crippen LogP contribution in [0.4, 0.5) is 0 Å². The minimum atomic E-state index is 0.514. The van der Waals surface area contributed by atoms with E-state index in [1.54, 1.807) is 5.57 Å². The fourth-order valence-electron chi connectivity index (χ4n) is 3.00. The highest BCUT2D eigenvalue weighted by Gasteiger charge is 2.21. The summed E-state index contributed by atoms with van der Waals surface area (Å²) in [4.78, 5) is 4.53. The molecule has 1 fully saturated rings. The van der Waals surface area contributed by atoms with Crippen LogP contribution in [0.5, 0.6) is 0 Å². The summed E-state index contributed by atoms with van der Waals surface area (Å²) < 4.78 is 7.79. The Bertz CT molecular complexity index is 416. The molecule has 3 heteroatoms. The molecule has 1 saturated heterocycles. The van der Waals surface area contributed by atoms with Gasteiger partial charge in [0.25, 0.3) is 0 Å². The van der Waals surface area contributed by atoms with Gasteiger partial charge in [0.1, 0.15) is 5.82 Å². The standard InChI is InChI=1S/C15H22N2O/c1-2-4-13(5-3-1)6-9-17-10-8-16-15(17)14-7-11-18-12-14/h4,8,10,14H,1-3,5-7,9,11-12H2/t14-/m0/s1. The predicted octanol–water partition coefficient (Wildman–Crippen LogP) is 3.28. The molecule has 1 aromatic rings. The van der Waals surface area contributed by atoms with Crippen molar-refractivity contribution in [2.45, 2.75) is 51.0 Å². The largest absolute Gasteiger partial charge is 0.381 e. The molecule has 98 valence electrons. The van der Waals surface area contributed by atoms with E-state index in [2.05, 4.69) is 21.8 Å². The lowest BCUT2D eigenvalue weighted by Crippen LogP contribution is -2.10. The molecule has 0 unspecified atom stereocenters. The molecule has 0 N–H and O–H groups in total. The molecule has 2 heterocycles. The van der Waals surface area contributed by atoms with E-state index >= 15 is 0 Å². The molecule has 0 saturated carbocycles. The fraction of sp³-hybridized carbons (Fsp3) is 0.667. The number of ether oxygens (including phenoxy) is 1. The summed E-state index contributed by atoms with van der Waals surface area (Å²) in [5, 5.41) is 0. The molecule has 3 rings (SSSR count). The van der Waals surface area contributed by atoms with Crippen molar-refractivity contribution in [3.05, 3.63) is 29.9 Å². The molecule has 1 aliphatic carbocycles. The Hall–Kier alpha value is -1.09. The second kappa shape index (κ2) is 5.70. The maximum atomic E-state index is 5.47. The summed E-state index contributed by atoms with van der Waals surface area (Å²) in [6, 6.07) is 0. The zero-order valence-corrected chi connectivity index (χ0v) is 11.0. The van der Waals surface area contributed by atoms with E-state index in [1.807, 2.05) is 6.20 Å². The van der Waals surface area contributed by atoms with Crippen LogP contribution in [0.3, 0.4) is 0 Å². The normalized spacial score (nSPS) is 24.2. The minimum Gasteiger partial charge on any atom is -0.381 e. The minimum absolute atomic E-state index is 0.514. The Labute approximate surface area is 109 Å². The summed E-state index contributed by atoms with van der Waals surface area (Å²) in [6.45, 7) is 2.82. The maximum Gasteiger partial charge on any atom is 0.114 e. The van der Waals surface area contributed by atoms with Crippen LogP contribution in [-0.4, -0.2) is 22.8 Å². The number of allylic oxidation sites excluding steroid dienone is 2. The first kappa shape index (κ1) is 12.0. The van der Waals surface area contributed by atoms with E-state index in [4.69, 9.17) is 4.74 Å². The van der Waals surface area contributed by atoms with E-state index in [9.17, 15) is 0 Å². The van der Waals surface area contributed by atoms with Crippen LogP contribution >= 0.6 is 0 Å².